The Morgan fingerprint density at radius 1 is 0.688 bits per heavy atom. The normalized spacial score (nSPS) is 11.6. The van der Waals surface area contributed by atoms with Crippen LogP contribution >= 0.6 is 0 Å². The van der Waals surface area contributed by atoms with Crippen molar-refractivity contribution >= 4 is 22.0 Å². The molecule has 0 aliphatic carbocycles. The number of aromatic nitrogens is 3. The number of fused-ring (bicyclic) bond motifs is 3. The van der Waals surface area contributed by atoms with Crippen molar-refractivity contribution in [3.63, 3.8) is 0 Å². The SMILES string of the molecule is CC(C)(C)c1ccnc(-c2[c-]c(-c3cc(-c4ccccc4-n4c5ccccc5c5occc54)cc(-c4ccccc4O)n3)ccc2)c1.[Pt]. The number of para-hydroxylation sites is 3. The maximum Gasteiger partial charge on any atom is 0.159 e. The molecule has 0 radical (unpaired) electrons. The van der Waals surface area contributed by atoms with Gasteiger partial charge in [-0.15, -0.1) is 24.3 Å². The number of furan rings is 1. The largest absolute Gasteiger partial charge is 0.507 e. The maximum absolute atomic E-state index is 10.9. The van der Waals surface area contributed by atoms with E-state index < -0.39 is 0 Å². The van der Waals surface area contributed by atoms with Crippen LogP contribution in [0.25, 0.3) is 72.6 Å². The third kappa shape index (κ3) is 5.55. The van der Waals surface area contributed by atoms with E-state index in [2.05, 4.69) is 92.1 Å². The second kappa shape index (κ2) is 12.4. The molecule has 0 fully saturated rings. The van der Waals surface area contributed by atoms with Crippen LogP contribution in [0.2, 0.25) is 0 Å². The first-order chi connectivity index (χ1) is 22.8. The van der Waals surface area contributed by atoms with E-state index >= 15 is 0 Å². The van der Waals surface area contributed by atoms with Gasteiger partial charge in [-0.3, -0.25) is 9.97 Å². The molecule has 0 saturated heterocycles. The fraction of sp³-hybridized carbons (Fsp3) is 0.0952. The average Bonchev–Trinajstić information content (AvgIpc) is 3.69. The molecule has 8 rings (SSSR count). The maximum atomic E-state index is 10.9. The Balaban J connectivity index is 0.00000364. The molecular weight excluding hydrogens is 774 g/mol. The number of hydrogen-bond acceptors (Lipinski definition) is 4. The van der Waals surface area contributed by atoms with Gasteiger partial charge in [-0.1, -0.05) is 86.5 Å². The zero-order chi connectivity index (χ0) is 32.1. The Kier molecular flexibility index (Phi) is 8.10. The fourth-order valence-corrected chi connectivity index (χ4v) is 6.31. The van der Waals surface area contributed by atoms with E-state index in [-0.39, 0.29) is 32.2 Å². The van der Waals surface area contributed by atoms with Crippen molar-refractivity contribution in [3.8, 4) is 56.3 Å². The molecule has 0 aliphatic rings. The summed E-state index contributed by atoms with van der Waals surface area (Å²) in [6, 6.07) is 44.1. The van der Waals surface area contributed by atoms with Crippen LogP contribution in [0.1, 0.15) is 26.3 Å². The van der Waals surface area contributed by atoms with Gasteiger partial charge in [-0.2, -0.15) is 0 Å². The molecule has 1 N–H and O–H groups in total. The van der Waals surface area contributed by atoms with Crippen LogP contribution in [0.4, 0.5) is 0 Å². The number of aromatic hydroxyl groups is 1. The third-order valence-electron chi connectivity index (χ3n) is 8.71. The first-order valence-corrected chi connectivity index (χ1v) is 15.7. The number of rotatable bonds is 5. The molecule has 4 heterocycles. The predicted molar refractivity (Wildman–Crippen MR) is 190 cm³/mol. The molecule has 0 bridgehead atoms. The molecule has 0 unspecified atom stereocenters. The molecule has 5 nitrogen and oxygen atoms in total. The van der Waals surface area contributed by atoms with Crippen LogP contribution in [-0.2, 0) is 26.5 Å². The molecule has 0 atom stereocenters. The van der Waals surface area contributed by atoms with Crippen molar-refractivity contribution < 1.29 is 30.6 Å². The summed E-state index contributed by atoms with van der Waals surface area (Å²) >= 11 is 0. The third-order valence-corrected chi connectivity index (χ3v) is 8.71. The summed E-state index contributed by atoms with van der Waals surface area (Å²) in [5, 5.41) is 12.0. The minimum absolute atomic E-state index is 0. The number of nitrogens with zero attached hydrogens (tertiary/aromatic N) is 3. The number of benzene rings is 4. The Morgan fingerprint density at radius 2 is 1.40 bits per heavy atom. The van der Waals surface area contributed by atoms with Crippen molar-refractivity contribution in [2.75, 3.05) is 0 Å². The molecule has 238 valence electrons. The summed E-state index contributed by atoms with van der Waals surface area (Å²) in [6.45, 7) is 6.61. The molecule has 8 aromatic rings. The van der Waals surface area contributed by atoms with Gasteiger partial charge < -0.3 is 14.1 Å². The van der Waals surface area contributed by atoms with E-state index in [0.717, 1.165) is 61.3 Å². The van der Waals surface area contributed by atoms with Crippen molar-refractivity contribution in [1.82, 2.24) is 14.5 Å². The zero-order valence-electron chi connectivity index (χ0n) is 26.7. The molecule has 0 saturated carbocycles. The number of phenolic OH excluding ortho intramolecular Hbond substituents is 1. The number of hydrogen-bond donors (Lipinski definition) is 1. The molecule has 48 heavy (non-hydrogen) atoms. The van der Waals surface area contributed by atoms with Gasteiger partial charge in [0.1, 0.15) is 5.75 Å². The summed E-state index contributed by atoms with van der Waals surface area (Å²) in [4.78, 5) is 9.79. The summed E-state index contributed by atoms with van der Waals surface area (Å²) in [6.07, 6.45) is 3.61. The van der Waals surface area contributed by atoms with Gasteiger partial charge in [0.15, 0.2) is 5.58 Å². The van der Waals surface area contributed by atoms with Gasteiger partial charge in [-0.05, 0) is 59.0 Å². The van der Waals surface area contributed by atoms with Crippen molar-refractivity contribution in [1.29, 1.82) is 0 Å². The summed E-state index contributed by atoms with van der Waals surface area (Å²) in [5.74, 6) is 0.175. The molecule has 0 amide bonds. The van der Waals surface area contributed by atoms with Crippen LogP contribution in [0, 0.1) is 6.07 Å². The van der Waals surface area contributed by atoms with Gasteiger partial charge in [-0.25, -0.2) is 0 Å². The van der Waals surface area contributed by atoms with Gasteiger partial charge >= 0.3 is 0 Å². The topological polar surface area (TPSA) is 64.1 Å². The van der Waals surface area contributed by atoms with E-state index in [1.54, 1.807) is 12.3 Å². The minimum Gasteiger partial charge on any atom is -0.507 e. The van der Waals surface area contributed by atoms with Crippen LogP contribution in [0.5, 0.6) is 5.75 Å². The van der Waals surface area contributed by atoms with Crippen molar-refractivity contribution in [3.05, 3.63) is 145 Å². The number of pyridine rings is 2. The monoisotopic (exact) mass is 805 g/mol. The Labute approximate surface area is 293 Å². The van der Waals surface area contributed by atoms with E-state index in [9.17, 15) is 5.11 Å². The van der Waals surface area contributed by atoms with E-state index in [0.29, 0.717) is 11.3 Å². The average molecular weight is 806 g/mol. The predicted octanol–water partition coefficient (Wildman–Crippen LogP) is 10.6. The number of phenols is 1. The van der Waals surface area contributed by atoms with Gasteiger partial charge in [0.05, 0.1) is 28.7 Å². The Hall–Kier alpha value is -5.25. The molecule has 6 heteroatoms. The Morgan fingerprint density at radius 3 is 2.21 bits per heavy atom. The van der Waals surface area contributed by atoms with Gasteiger partial charge in [0.25, 0.3) is 0 Å². The first kappa shape index (κ1) is 31.4. The van der Waals surface area contributed by atoms with Gasteiger partial charge in [0.2, 0.25) is 0 Å². The molecule has 0 spiro atoms. The van der Waals surface area contributed by atoms with Crippen molar-refractivity contribution in [2.45, 2.75) is 26.2 Å². The molecule has 4 aromatic heterocycles. The standard InChI is InChI=1S/C42H32N3O2.Pt/c1-42(2,3)30-19-21-43-34(26-30)27-11-10-12-28(23-27)35-24-29(25-36(44-35)32-14-6-9-18-40(32)46)31-13-4-7-16-37(31)45-38-17-8-5-15-33(38)41-39(45)20-22-47-41;/h4-22,24-26,46H,1-3H3;/q-1;. The molecular formula is C42H32N3O2Pt-. The van der Waals surface area contributed by atoms with Crippen LogP contribution in [0.15, 0.2) is 138 Å². The van der Waals surface area contributed by atoms with E-state index in [4.69, 9.17) is 14.4 Å². The quantitative estimate of drug-likeness (QED) is 0.176. The van der Waals surface area contributed by atoms with Crippen LogP contribution in [0.3, 0.4) is 0 Å². The Bertz CT molecular complexity index is 2430. The first-order valence-electron chi connectivity index (χ1n) is 15.7. The molecule has 0 aliphatic heterocycles. The van der Waals surface area contributed by atoms with Crippen molar-refractivity contribution in [2.24, 2.45) is 0 Å². The summed E-state index contributed by atoms with van der Waals surface area (Å²) < 4.78 is 8.21. The second-order valence-corrected chi connectivity index (χ2v) is 12.8. The smallest absolute Gasteiger partial charge is 0.159 e. The van der Waals surface area contributed by atoms with E-state index in [1.807, 2.05) is 60.8 Å². The second-order valence-electron chi connectivity index (χ2n) is 12.8. The van der Waals surface area contributed by atoms with Gasteiger partial charge in [0, 0.05) is 61.2 Å². The summed E-state index contributed by atoms with van der Waals surface area (Å²) in [7, 11) is 0. The summed E-state index contributed by atoms with van der Waals surface area (Å²) in [5.41, 5.74) is 11.8. The molecule has 4 aromatic carbocycles. The zero-order valence-corrected chi connectivity index (χ0v) is 29.0. The minimum atomic E-state index is -0.00174. The fourth-order valence-electron chi connectivity index (χ4n) is 6.31. The van der Waals surface area contributed by atoms with Crippen LogP contribution in [-0.4, -0.2) is 19.6 Å². The van der Waals surface area contributed by atoms with E-state index in [1.165, 1.54) is 5.56 Å². The van der Waals surface area contributed by atoms with Crippen LogP contribution < -0.4 is 0 Å².